The van der Waals surface area contributed by atoms with Gasteiger partial charge in [-0.05, 0) is 77.7 Å². The summed E-state index contributed by atoms with van der Waals surface area (Å²) in [6.07, 6.45) is 1.24. The minimum Gasteiger partial charge on any atom is -0.469 e. The zero-order valence-corrected chi connectivity index (χ0v) is 24.9. The highest BCUT2D eigenvalue weighted by molar-refractivity contribution is 6.74. The molecule has 202 valence electrons. The van der Waals surface area contributed by atoms with Gasteiger partial charge in [0.25, 0.3) is 0 Å². The average Bonchev–Trinajstić information content (AvgIpc) is 2.80. The third-order valence-electron chi connectivity index (χ3n) is 8.00. The molecule has 2 aromatic rings. The third kappa shape index (κ3) is 5.83. The Hall–Kier alpha value is -2.51. The Kier molecular flexibility index (Phi) is 8.11. The number of esters is 2. The molecule has 0 saturated heterocycles. The van der Waals surface area contributed by atoms with E-state index in [1.807, 2.05) is 6.07 Å². The Morgan fingerprint density at radius 2 is 1.68 bits per heavy atom. The van der Waals surface area contributed by atoms with Crippen LogP contribution in [-0.4, -0.2) is 34.5 Å². The van der Waals surface area contributed by atoms with Crippen molar-refractivity contribution in [1.82, 2.24) is 0 Å². The molecule has 0 saturated carbocycles. The number of hydrogen-bond acceptors (Lipinski definition) is 5. The highest BCUT2D eigenvalue weighted by Crippen LogP contribution is 2.52. The van der Waals surface area contributed by atoms with Crippen LogP contribution in [0.3, 0.4) is 0 Å². The van der Waals surface area contributed by atoms with Crippen molar-refractivity contribution in [2.75, 3.05) is 14.2 Å². The summed E-state index contributed by atoms with van der Waals surface area (Å²) in [5, 5.41) is -0.0185. The van der Waals surface area contributed by atoms with Crippen LogP contribution in [0, 0.1) is 11.2 Å². The van der Waals surface area contributed by atoms with Gasteiger partial charge in [-0.3, -0.25) is 4.79 Å². The molecule has 0 aliphatic heterocycles. The summed E-state index contributed by atoms with van der Waals surface area (Å²) in [6, 6.07) is 8.07. The van der Waals surface area contributed by atoms with Crippen molar-refractivity contribution in [3.05, 3.63) is 58.4 Å². The Balaban J connectivity index is 2.45. The summed E-state index contributed by atoms with van der Waals surface area (Å²) in [4.78, 5) is 26.1. The van der Waals surface area contributed by atoms with Crippen LogP contribution in [-0.2, 0) is 25.1 Å². The van der Waals surface area contributed by atoms with Crippen LogP contribution in [0.4, 0.5) is 4.39 Å². The largest absolute Gasteiger partial charge is 0.469 e. The molecule has 2 aromatic carbocycles. The molecule has 1 aliphatic rings. The van der Waals surface area contributed by atoms with Crippen LogP contribution in [0.1, 0.15) is 87.0 Å². The molecule has 2 atom stereocenters. The van der Waals surface area contributed by atoms with Crippen LogP contribution in [0.2, 0.25) is 18.1 Å². The quantitative estimate of drug-likeness (QED) is 0.285. The van der Waals surface area contributed by atoms with Gasteiger partial charge in [-0.2, -0.15) is 0 Å². The molecule has 0 amide bonds. The van der Waals surface area contributed by atoms with Crippen LogP contribution in [0.15, 0.2) is 30.3 Å². The summed E-state index contributed by atoms with van der Waals surface area (Å²) in [5.74, 6) is -2.07. The monoisotopic (exact) mass is 528 g/mol. The number of rotatable bonds is 6. The summed E-state index contributed by atoms with van der Waals surface area (Å²) in [7, 11) is 0.446. The number of carbonyl (C=O) groups excluding carboxylic acids is 2. The van der Waals surface area contributed by atoms with E-state index in [2.05, 4.69) is 47.7 Å². The van der Waals surface area contributed by atoms with Crippen LogP contribution in [0.5, 0.6) is 0 Å². The SMILES string of the molecule is COC(=O)c1c(C(C)C(=O)OC)cc2c(c1-c1ccc(F)cc1)C(O[Si](C)(C)C(C)(C)C)CC(C)(C)C2. The third-order valence-corrected chi connectivity index (χ3v) is 12.5. The van der Waals surface area contributed by atoms with E-state index in [0.29, 0.717) is 22.3 Å². The predicted molar refractivity (Wildman–Crippen MR) is 147 cm³/mol. The van der Waals surface area contributed by atoms with Crippen LogP contribution < -0.4 is 0 Å². The summed E-state index contributed by atoms with van der Waals surface area (Å²) in [6.45, 7) is 17.2. The van der Waals surface area contributed by atoms with Gasteiger partial charge < -0.3 is 13.9 Å². The minimum absolute atomic E-state index is 0.0185. The van der Waals surface area contributed by atoms with Crippen molar-refractivity contribution in [2.24, 2.45) is 5.41 Å². The molecule has 1 aliphatic carbocycles. The molecule has 7 heteroatoms. The van der Waals surface area contributed by atoms with Crippen molar-refractivity contribution in [2.45, 2.75) is 84.5 Å². The molecule has 37 heavy (non-hydrogen) atoms. The lowest BCUT2D eigenvalue weighted by Gasteiger charge is -2.45. The first-order chi connectivity index (χ1) is 17.0. The number of hydrogen-bond donors (Lipinski definition) is 0. The first kappa shape index (κ1) is 29.0. The maximum absolute atomic E-state index is 14.0. The molecule has 0 aromatic heterocycles. The molecule has 3 rings (SSSR count). The smallest absolute Gasteiger partial charge is 0.338 e. The van der Waals surface area contributed by atoms with Crippen molar-refractivity contribution >= 4 is 20.3 Å². The summed E-state index contributed by atoms with van der Waals surface area (Å²) < 4.78 is 31.3. The van der Waals surface area contributed by atoms with Gasteiger partial charge in [0.05, 0.1) is 31.8 Å². The lowest BCUT2D eigenvalue weighted by molar-refractivity contribution is -0.142. The summed E-state index contributed by atoms with van der Waals surface area (Å²) in [5.41, 5.74) is 4.05. The Labute approximate surface area is 221 Å². The standard InChI is InChI=1S/C30H41FO5Si/c1-18(27(32)34-7)22-15-20-16-30(5,6)17-23(36-37(9,10)29(2,3)4)24(20)25(26(22)28(33)35-8)19-11-13-21(31)14-12-19/h11-15,18,23H,16-17H2,1-10H3. The maximum Gasteiger partial charge on any atom is 0.338 e. The molecule has 0 heterocycles. The second-order valence-corrected chi connectivity index (χ2v) is 17.2. The Morgan fingerprint density at radius 3 is 2.19 bits per heavy atom. The van der Waals surface area contributed by atoms with E-state index in [0.717, 1.165) is 24.0 Å². The van der Waals surface area contributed by atoms with Crippen molar-refractivity contribution < 1.29 is 27.9 Å². The van der Waals surface area contributed by atoms with E-state index >= 15 is 0 Å². The zero-order chi connectivity index (χ0) is 27.9. The van der Waals surface area contributed by atoms with Gasteiger partial charge in [0.1, 0.15) is 5.82 Å². The summed E-state index contributed by atoms with van der Waals surface area (Å²) >= 11 is 0. The Morgan fingerprint density at radius 1 is 1.08 bits per heavy atom. The number of methoxy groups -OCH3 is 2. The van der Waals surface area contributed by atoms with Gasteiger partial charge in [0.15, 0.2) is 8.32 Å². The fraction of sp³-hybridized carbons (Fsp3) is 0.533. The van der Waals surface area contributed by atoms with Gasteiger partial charge in [-0.25, -0.2) is 9.18 Å². The van der Waals surface area contributed by atoms with Gasteiger partial charge in [0, 0.05) is 5.56 Å². The Bertz CT molecular complexity index is 1180. The number of ether oxygens (including phenoxy) is 2. The van der Waals surface area contributed by atoms with Gasteiger partial charge >= 0.3 is 11.9 Å². The average molecular weight is 529 g/mol. The van der Waals surface area contributed by atoms with Gasteiger partial charge in [0.2, 0.25) is 0 Å². The molecular weight excluding hydrogens is 487 g/mol. The van der Waals surface area contributed by atoms with Gasteiger partial charge in [-0.1, -0.05) is 52.8 Å². The lowest BCUT2D eigenvalue weighted by Crippen LogP contribution is -2.43. The molecular formula is C30H41FO5Si. The second kappa shape index (κ2) is 10.3. The number of halogens is 1. The fourth-order valence-corrected chi connectivity index (χ4v) is 6.27. The molecule has 0 bridgehead atoms. The molecule has 0 radical (unpaired) electrons. The van der Waals surface area contributed by atoms with E-state index < -0.39 is 26.2 Å². The van der Waals surface area contributed by atoms with Crippen molar-refractivity contribution in [3.8, 4) is 11.1 Å². The zero-order valence-electron chi connectivity index (χ0n) is 23.9. The number of fused-ring (bicyclic) bond motifs is 1. The maximum atomic E-state index is 14.0. The molecule has 0 spiro atoms. The second-order valence-electron chi connectivity index (χ2n) is 12.4. The van der Waals surface area contributed by atoms with Crippen LogP contribution in [0.25, 0.3) is 11.1 Å². The van der Waals surface area contributed by atoms with E-state index in [1.165, 1.54) is 26.4 Å². The fourth-order valence-electron chi connectivity index (χ4n) is 5.00. The molecule has 2 unspecified atom stereocenters. The highest BCUT2D eigenvalue weighted by Gasteiger charge is 2.44. The predicted octanol–water partition coefficient (Wildman–Crippen LogP) is 7.59. The molecule has 0 N–H and O–H groups in total. The number of benzene rings is 2. The normalized spacial score (nSPS) is 18.1. The first-order valence-corrected chi connectivity index (χ1v) is 15.7. The van der Waals surface area contributed by atoms with Crippen molar-refractivity contribution in [1.29, 1.82) is 0 Å². The van der Waals surface area contributed by atoms with Gasteiger partial charge in [-0.15, -0.1) is 0 Å². The van der Waals surface area contributed by atoms with Crippen molar-refractivity contribution in [3.63, 3.8) is 0 Å². The molecule has 0 fully saturated rings. The first-order valence-electron chi connectivity index (χ1n) is 12.8. The molecule has 5 nitrogen and oxygen atoms in total. The number of carbonyl (C=O) groups is 2. The van der Waals surface area contributed by atoms with Crippen LogP contribution >= 0.6 is 0 Å². The van der Waals surface area contributed by atoms with E-state index in [-0.39, 0.29) is 22.4 Å². The topological polar surface area (TPSA) is 61.8 Å². The lowest BCUT2D eigenvalue weighted by atomic mass is 9.69. The highest BCUT2D eigenvalue weighted by atomic mass is 28.4. The van der Waals surface area contributed by atoms with E-state index in [1.54, 1.807) is 19.1 Å². The van der Waals surface area contributed by atoms with E-state index in [4.69, 9.17) is 13.9 Å². The van der Waals surface area contributed by atoms with E-state index in [9.17, 15) is 14.0 Å². The minimum atomic E-state index is -2.22.